The Kier molecular flexibility index (Phi) is 9.67. The van der Waals surface area contributed by atoms with Gasteiger partial charge in [0.2, 0.25) is 0 Å². The first-order chi connectivity index (χ1) is 36.3. The first-order valence-corrected chi connectivity index (χ1v) is 29.5. The Morgan fingerprint density at radius 1 is 0.347 bits per heavy atom. The van der Waals surface area contributed by atoms with Crippen LogP contribution in [0.4, 0.5) is 0 Å². The summed E-state index contributed by atoms with van der Waals surface area (Å²) in [7, 11) is 0. The highest BCUT2D eigenvalue weighted by molar-refractivity contribution is 6.27. The zero-order valence-electron chi connectivity index (χ0n) is 44.0. The molecular weight excluding hydrogens is 949 g/mol. The molecule has 12 heteroatoms. The van der Waals surface area contributed by atoms with Crippen LogP contribution in [0.5, 0.6) is 34.5 Å². The van der Waals surface area contributed by atoms with Gasteiger partial charge in [0.25, 0.3) is 17.4 Å². The molecule has 19 rings (SSSR count). The molecule has 75 heavy (non-hydrogen) atoms. The molecule has 15 aliphatic rings. The Labute approximate surface area is 438 Å². The van der Waals surface area contributed by atoms with Crippen molar-refractivity contribution in [2.24, 2.45) is 69.5 Å². The first kappa shape index (κ1) is 46.0. The summed E-state index contributed by atoms with van der Waals surface area (Å²) in [6.07, 6.45) is 19.9. The smallest absolute Gasteiger partial charge is 0.313 e. The van der Waals surface area contributed by atoms with Crippen LogP contribution in [0, 0.1) is 69.5 Å². The molecule has 0 N–H and O–H groups in total. The molecule has 0 unspecified atom stereocenters. The second-order valence-corrected chi connectivity index (χ2v) is 26.9. The average Bonchev–Trinajstić information content (AvgIpc) is 4.19. The van der Waals surface area contributed by atoms with E-state index < -0.39 is 17.4 Å². The molecule has 0 aromatic heterocycles. The van der Waals surface area contributed by atoms with Gasteiger partial charge in [0.15, 0.2) is 34.5 Å². The lowest BCUT2D eigenvalue weighted by molar-refractivity contribution is -0.243. The van der Waals surface area contributed by atoms with Crippen molar-refractivity contribution in [3.05, 3.63) is 36.4 Å². The third kappa shape index (κ3) is 6.55. The Morgan fingerprint density at radius 2 is 0.520 bits per heavy atom. The van der Waals surface area contributed by atoms with Crippen LogP contribution in [0.2, 0.25) is 0 Å². The number of fused-ring (bicyclic) bond motifs is 9. The van der Waals surface area contributed by atoms with Crippen molar-refractivity contribution in [3.63, 3.8) is 0 Å². The Bertz CT molecular complexity index is 2570. The molecule has 12 bridgehead atoms. The highest BCUT2D eigenvalue weighted by Gasteiger charge is 2.70. The lowest BCUT2D eigenvalue weighted by Crippen LogP contribution is -2.63. The average molecular weight is 1020 g/mol. The molecule has 3 aliphatic heterocycles. The maximum atomic E-state index is 13.9. The van der Waals surface area contributed by atoms with Crippen LogP contribution in [-0.4, -0.2) is 55.1 Å². The molecule has 0 spiro atoms. The highest BCUT2D eigenvalue weighted by Crippen LogP contribution is 2.71. The van der Waals surface area contributed by atoms with E-state index in [4.69, 9.17) is 42.6 Å². The molecular formula is C63H72O12. The fraction of sp³-hybridized carbons (Fsp3) is 0.667. The molecule has 3 heterocycles. The Hall–Kier alpha value is -5.13. The number of benzene rings is 4. The van der Waals surface area contributed by atoms with Gasteiger partial charge in [-0.15, -0.1) is 0 Å². The molecule has 12 fully saturated rings. The van der Waals surface area contributed by atoms with E-state index in [0.717, 1.165) is 90.1 Å². The molecule has 0 amide bonds. The van der Waals surface area contributed by atoms with Crippen molar-refractivity contribution in [1.82, 2.24) is 0 Å². The van der Waals surface area contributed by atoms with E-state index >= 15 is 0 Å². The quantitative estimate of drug-likeness (QED) is 0.0759. The van der Waals surface area contributed by atoms with E-state index in [1.54, 1.807) is 0 Å². The first-order valence-electron chi connectivity index (χ1n) is 29.5. The molecule has 396 valence electrons. The van der Waals surface area contributed by atoms with E-state index in [1.165, 1.54) is 57.8 Å². The standard InChI is InChI=1S/C63H72O12/c1-4-67-55(64)31-61(58-22-34-7-35(23-58)9-36(8-34)24-58)70-49-16-43-44(17-50(49)71-61)46-19-52-54(75-63(73-52,33-57(66)69-6-3)60-28-40-13-41(29-60)15-42(14-40)30-60)21-48(46)47-20-53-51(18-45(43)47)72-62(74-53,32-56(65)68-5-2)59-25-37-10-38(26-59)12-39(11-37)27-59/h16-21,34-42H,4-15,22-33H2,1-3H3. The maximum Gasteiger partial charge on any atom is 0.313 e. The third-order valence-electron chi connectivity index (χ3n) is 22.4. The second-order valence-electron chi connectivity index (χ2n) is 26.9. The van der Waals surface area contributed by atoms with Gasteiger partial charge in [-0.25, -0.2) is 0 Å². The van der Waals surface area contributed by atoms with Crippen LogP contribution in [0.25, 0.3) is 32.3 Å². The molecule has 12 saturated carbocycles. The van der Waals surface area contributed by atoms with Gasteiger partial charge in [-0.1, -0.05) is 0 Å². The van der Waals surface area contributed by atoms with Crippen LogP contribution in [0.15, 0.2) is 36.4 Å². The van der Waals surface area contributed by atoms with Crippen molar-refractivity contribution in [2.75, 3.05) is 19.8 Å². The third-order valence-corrected chi connectivity index (χ3v) is 22.4. The summed E-state index contributed by atoms with van der Waals surface area (Å²) in [4.78, 5) is 41.6. The van der Waals surface area contributed by atoms with Crippen molar-refractivity contribution in [1.29, 1.82) is 0 Å². The van der Waals surface area contributed by atoms with Crippen LogP contribution >= 0.6 is 0 Å². The van der Waals surface area contributed by atoms with E-state index in [9.17, 15) is 14.4 Å². The van der Waals surface area contributed by atoms with Gasteiger partial charge in [-0.3, -0.25) is 14.4 Å². The fourth-order valence-corrected chi connectivity index (χ4v) is 21.0. The molecule has 12 nitrogen and oxygen atoms in total. The topological polar surface area (TPSA) is 134 Å². The van der Waals surface area contributed by atoms with Crippen LogP contribution in [0.1, 0.15) is 156 Å². The monoisotopic (exact) mass is 1020 g/mol. The summed E-state index contributed by atoms with van der Waals surface area (Å²) >= 11 is 0. The van der Waals surface area contributed by atoms with Crippen molar-refractivity contribution >= 4 is 50.2 Å². The van der Waals surface area contributed by atoms with E-state index in [2.05, 4.69) is 36.4 Å². The van der Waals surface area contributed by atoms with Crippen LogP contribution in [0.3, 0.4) is 0 Å². The maximum absolute atomic E-state index is 13.9. The number of carbonyl (C=O) groups excluding carboxylic acids is 3. The SMILES string of the molecule is CCOC(=O)CC1(C23CC4CC(CC(C4)C2)C3)Oc2cc3c4cc5c(cc4c4cc6c(cc4c3cc2O1)OC(CC(=O)OCC)(C12CC3CC(CC(C3)C1)C2)O6)OC(CC(=O)OCC)(C12CC3CC(CC(C3)C1)C2)O5. The van der Waals surface area contributed by atoms with Crippen molar-refractivity contribution in [2.45, 2.75) is 173 Å². The Balaban J connectivity index is 0.880. The largest absolute Gasteiger partial charge is 0.466 e. The van der Waals surface area contributed by atoms with Gasteiger partial charge in [0.1, 0.15) is 19.3 Å². The van der Waals surface area contributed by atoms with Crippen molar-refractivity contribution < 1.29 is 57.0 Å². The summed E-state index contributed by atoms with van der Waals surface area (Å²) in [5.41, 5.74) is -0.997. The number of hydrogen-bond donors (Lipinski definition) is 0. The minimum atomic E-state index is -1.22. The zero-order valence-corrected chi connectivity index (χ0v) is 44.0. The summed E-state index contributed by atoms with van der Waals surface area (Å²) in [5.74, 6) is 4.44. The lowest BCUT2D eigenvalue weighted by Gasteiger charge is -2.60. The predicted molar refractivity (Wildman–Crippen MR) is 276 cm³/mol. The van der Waals surface area contributed by atoms with Crippen molar-refractivity contribution in [3.8, 4) is 34.5 Å². The normalized spacial score (nSPS) is 41.1. The summed E-state index contributed by atoms with van der Waals surface area (Å²) in [5, 5.41) is 5.58. The van der Waals surface area contributed by atoms with E-state index in [1.807, 2.05) is 20.8 Å². The molecule has 12 aliphatic carbocycles. The minimum absolute atomic E-state index is 0.0105. The van der Waals surface area contributed by atoms with Crippen LogP contribution in [-0.2, 0) is 28.6 Å². The van der Waals surface area contributed by atoms with E-state index in [0.29, 0.717) is 87.8 Å². The minimum Gasteiger partial charge on any atom is -0.466 e. The molecule has 4 aromatic rings. The van der Waals surface area contributed by atoms with Gasteiger partial charge in [0.05, 0.1) is 19.8 Å². The fourth-order valence-electron chi connectivity index (χ4n) is 21.0. The van der Waals surface area contributed by atoms with Gasteiger partial charge in [-0.05, 0) is 258 Å². The van der Waals surface area contributed by atoms with Gasteiger partial charge >= 0.3 is 17.9 Å². The Morgan fingerprint density at radius 3 is 0.680 bits per heavy atom. The number of hydrogen-bond acceptors (Lipinski definition) is 12. The lowest BCUT2D eigenvalue weighted by atomic mass is 9.47. The van der Waals surface area contributed by atoms with Gasteiger partial charge < -0.3 is 42.6 Å². The number of rotatable bonds is 12. The summed E-state index contributed by atoms with van der Waals surface area (Å²) < 4.78 is 61.3. The zero-order chi connectivity index (χ0) is 50.4. The number of carbonyl (C=O) groups is 3. The van der Waals surface area contributed by atoms with Gasteiger partial charge in [0, 0.05) is 16.2 Å². The van der Waals surface area contributed by atoms with E-state index in [-0.39, 0.29) is 73.2 Å². The molecule has 0 atom stereocenters. The second kappa shape index (κ2) is 15.8. The molecule has 0 saturated heterocycles. The highest BCUT2D eigenvalue weighted by atomic mass is 16.8. The summed E-state index contributed by atoms with van der Waals surface area (Å²) in [6.45, 7) is 6.41. The van der Waals surface area contributed by atoms with Crippen LogP contribution < -0.4 is 28.4 Å². The molecule has 0 radical (unpaired) electrons. The summed E-state index contributed by atoms with van der Waals surface area (Å²) in [6, 6.07) is 12.7. The number of ether oxygens (including phenoxy) is 9. The predicted octanol–water partition coefficient (Wildman–Crippen LogP) is 13.1. The van der Waals surface area contributed by atoms with Gasteiger partial charge in [-0.2, -0.15) is 0 Å². The number of esters is 3. The molecule has 4 aromatic carbocycles.